The van der Waals surface area contributed by atoms with Gasteiger partial charge < -0.3 is 10.3 Å². The van der Waals surface area contributed by atoms with Crippen LogP contribution >= 0.6 is 0 Å². The third-order valence-corrected chi connectivity index (χ3v) is 3.71. The van der Waals surface area contributed by atoms with Crippen molar-refractivity contribution in [3.63, 3.8) is 0 Å². The highest BCUT2D eigenvalue weighted by Crippen LogP contribution is 2.41. The van der Waals surface area contributed by atoms with Gasteiger partial charge >= 0.3 is 0 Å². The highest BCUT2D eigenvalue weighted by molar-refractivity contribution is 5.87. The second-order valence-electron chi connectivity index (χ2n) is 5.79. The molecular weight excluding hydrogens is 222 g/mol. The van der Waals surface area contributed by atoms with E-state index in [0.29, 0.717) is 5.92 Å². The Morgan fingerprint density at radius 1 is 1.39 bits per heavy atom. The van der Waals surface area contributed by atoms with Gasteiger partial charge in [0.1, 0.15) is 11.3 Å². The van der Waals surface area contributed by atoms with Crippen molar-refractivity contribution in [2.75, 3.05) is 5.73 Å². The van der Waals surface area contributed by atoms with E-state index in [1.807, 2.05) is 12.1 Å². The number of aromatic nitrogens is 2. The average molecular weight is 243 g/mol. The van der Waals surface area contributed by atoms with Crippen LogP contribution in [0.3, 0.4) is 0 Å². The summed E-state index contributed by atoms with van der Waals surface area (Å²) in [5.74, 6) is 2.64. The van der Waals surface area contributed by atoms with Gasteiger partial charge in [-0.05, 0) is 37.3 Å². The predicted octanol–water partition coefficient (Wildman–Crippen LogP) is 3.54. The molecule has 0 bridgehead atoms. The van der Waals surface area contributed by atoms with Gasteiger partial charge in [-0.1, -0.05) is 19.9 Å². The maximum Gasteiger partial charge on any atom is 0.113 e. The summed E-state index contributed by atoms with van der Waals surface area (Å²) in [6.45, 7) is 5.60. The maximum atomic E-state index is 6.04. The number of hydrogen-bond donors (Lipinski definition) is 1. The number of benzene rings is 1. The van der Waals surface area contributed by atoms with Crippen LogP contribution < -0.4 is 5.73 Å². The Hall–Kier alpha value is -1.51. The van der Waals surface area contributed by atoms with Gasteiger partial charge in [0.05, 0.1) is 11.2 Å². The van der Waals surface area contributed by atoms with Crippen LogP contribution in [0.25, 0.3) is 11.0 Å². The largest absolute Gasteiger partial charge is 0.397 e. The zero-order valence-electron chi connectivity index (χ0n) is 11.2. The molecule has 1 aliphatic rings. The smallest absolute Gasteiger partial charge is 0.113 e. The number of rotatable bonds is 4. The van der Waals surface area contributed by atoms with Gasteiger partial charge in [-0.2, -0.15) is 0 Å². The van der Waals surface area contributed by atoms with E-state index in [9.17, 15) is 0 Å². The van der Waals surface area contributed by atoms with Crippen molar-refractivity contribution < 1.29 is 0 Å². The molecule has 96 valence electrons. The number of nitrogen functional groups attached to an aromatic ring is 1. The molecule has 0 unspecified atom stereocenters. The average Bonchev–Trinajstić information content (AvgIpc) is 3.09. The highest BCUT2D eigenvalue weighted by Gasteiger charge is 2.29. The van der Waals surface area contributed by atoms with Gasteiger partial charge in [-0.3, -0.25) is 0 Å². The first-order valence-corrected chi connectivity index (χ1v) is 6.91. The van der Waals surface area contributed by atoms with Gasteiger partial charge in [-0.15, -0.1) is 0 Å². The third-order valence-electron chi connectivity index (χ3n) is 3.71. The van der Waals surface area contributed by atoms with E-state index in [4.69, 9.17) is 10.7 Å². The van der Waals surface area contributed by atoms with Crippen molar-refractivity contribution in [1.29, 1.82) is 0 Å². The van der Waals surface area contributed by atoms with E-state index in [-0.39, 0.29) is 0 Å². The molecule has 2 N–H and O–H groups in total. The first kappa shape index (κ1) is 11.6. The van der Waals surface area contributed by atoms with E-state index in [2.05, 4.69) is 24.5 Å². The topological polar surface area (TPSA) is 43.8 Å². The molecule has 3 nitrogen and oxygen atoms in total. The molecule has 1 aromatic heterocycles. The molecule has 3 heteroatoms. The quantitative estimate of drug-likeness (QED) is 0.835. The minimum atomic E-state index is 0.670. The summed E-state index contributed by atoms with van der Waals surface area (Å²) in [5, 5.41) is 0. The number of anilines is 1. The molecule has 1 saturated carbocycles. The molecular formula is C15H21N3. The fourth-order valence-corrected chi connectivity index (χ4v) is 2.46. The lowest BCUT2D eigenvalue weighted by molar-refractivity contribution is 0.512. The molecule has 3 rings (SSSR count). The molecule has 1 fully saturated rings. The summed E-state index contributed by atoms with van der Waals surface area (Å²) in [6.07, 6.45) is 3.76. The molecule has 0 radical (unpaired) electrons. The lowest BCUT2D eigenvalue weighted by Gasteiger charge is -2.10. The number of nitrogens with zero attached hydrogens (tertiary/aromatic N) is 2. The number of aryl methyl sites for hydroxylation is 1. The van der Waals surface area contributed by atoms with E-state index >= 15 is 0 Å². The van der Waals surface area contributed by atoms with Crippen LogP contribution in [0.2, 0.25) is 0 Å². The Morgan fingerprint density at radius 3 is 2.83 bits per heavy atom. The molecule has 2 aromatic rings. The van der Waals surface area contributed by atoms with E-state index in [1.165, 1.54) is 30.6 Å². The Balaban J connectivity index is 2.07. The Bertz CT molecular complexity index is 564. The van der Waals surface area contributed by atoms with Crippen LogP contribution in [0.5, 0.6) is 0 Å². The van der Waals surface area contributed by atoms with E-state index < -0.39 is 0 Å². The fraction of sp³-hybridized carbons (Fsp3) is 0.533. The van der Waals surface area contributed by atoms with Crippen molar-refractivity contribution in [2.45, 2.75) is 45.6 Å². The molecule has 1 heterocycles. The van der Waals surface area contributed by atoms with Gasteiger partial charge in [0.25, 0.3) is 0 Å². The minimum absolute atomic E-state index is 0.670. The first-order valence-electron chi connectivity index (χ1n) is 6.91. The fourth-order valence-electron chi connectivity index (χ4n) is 2.46. The maximum absolute atomic E-state index is 6.04. The number of nitrogens with two attached hydrogens (primary N) is 1. The minimum Gasteiger partial charge on any atom is -0.397 e. The van der Waals surface area contributed by atoms with E-state index in [1.54, 1.807) is 0 Å². The van der Waals surface area contributed by atoms with Gasteiger partial charge in [0.15, 0.2) is 0 Å². The standard InChI is InChI=1S/C15H21N3/c1-10(2)8-9-18-13-5-3-4-12(16)14(13)17-15(18)11-6-7-11/h3-5,10-11H,6-9,16H2,1-2H3. The molecule has 0 aliphatic heterocycles. The number of hydrogen-bond acceptors (Lipinski definition) is 2. The summed E-state index contributed by atoms with van der Waals surface area (Å²) in [7, 11) is 0. The summed E-state index contributed by atoms with van der Waals surface area (Å²) in [5.41, 5.74) is 9.04. The van der Waals surface area contributed by atoms with Gasteiger partial charge in [-0.25, -0.2) is 4.98 Å². The summed E-state index contributed by atoms with van der Waals surface area (Å²) < 4.78 is 2.39. The van der Waals surface area contributed by atoms with Gasteiger partial charge in [0.2, 0.25) is 0 Å². The van der Waals surface area contributed by atoms with Crippen molar-refractivity contribution >= 4 is 16.7 Å². The van der Waals surface area contributed by atoms with Crippen molar-refractivity contribution in [2.24, 2.45) is 5.92 Å². The molecule has 0 saturated heterocycles. The van der Waals surface area contributed by atoms with Crippen LogP contribution in [-0.2, 0) is 6.54 Å². The zero-order chi connectivity index (χ0) is 12.7. The predicted molar refractivity (Wildman–Crippen MR) is 75.6 cm³/mol. The Kier molecular flexibility index (Phi) is 2.77. The van der Waals surface area contributed by atoms with Crippen LogP contribution in [0.4, 0.5) is 5.69 Å². The molecule has 18 heavy (non-hydrogen) atoms. The van der Waals surface area contributed by atoms with Crippen LogP contribution in [0, 0.1) is 5.92 Å². The number of fused-ring (bicyclic) bond motifs is 1. The Labute approximate surface area is 108 Å². The van der Waals surface area contributed by atoms with Crippen molar-refractivity contribution in [1.82, 2.24) is 9.55 Å². The number of imidazole rings is 1. The van der Waals surface area contributed by atoms with Crippen LogP contribution in [0.15, 0.2) is 18.2 Å². The normalized spacial score (nSPS) is 15.7. The van der Waals surface area contributed by atoms with Crippen molar-refractivity contribution in [3.05, 3.63) is 24.0 Å². The van der Waals surface area contributed by atoms with Gasteiger partial charge in [0, 0.05) is 12.5 Å². The van der Waals surface area contributed by atoms with Crippen molar-refractivity contribution in [3.8, 4) is 0 Å². The summed E-state index contributed by atoms with van der Waals surface area (Å²) in [4.78, 5) is 4.79. The molecule has 0 amide bonds. The molecule has 0 spiro atoms. The monoisotopic (exact) mass is 243 g/mol. The van der Waals surface area contributed by atoms with Crippen LogP contribution in [-0.4, -0.2) is 9.55 Å². The molecule has 0 atom stereocenters. The third kappa shape index (κ3) is 1.98. The summed E-state index contributed by atoms with van der Waals surface area (Å²) in [6, 6.07) is 6.12. The molecule has 1 aromatic carbocycles. The lowest BCUT2D eigenvalue weighted by atomic mass is 10.1. The van der Waals surface area contributed by atoms with Crippen LogP contribution in [0.1, 0.15) is 44.9 Å². The number of para-hydroxylation sites is 1. The highest BCUT2D eigenvalue weighted by atomic mass is 15.1. The zero-order valence-corrected chi connectivity index (χ0v) is 11.2. The Morgan fingerprint density at radius 2 is 2.17 bits per heavy atom. The first-order chi connectivity index (χ1) is 8.66. The second-order valence-corrected chi connectivity index (χ2v) is 5.79. The summed E-state index contributed by atoms with van der Waals surface area (Å²) >= 11 is 0. The van der Waals surface area contributed by atoms with E-state index in [0.717, 1.165) is 23.7 Å². The SMILES string of the molecule is CC(C)CCn1c(C2CC2)nc2c(N)cccc21. The molecule has 1 aliphatic carbocycles. The lowest BCUT2D eigenvalue weighted by Crippen LogP contribution is -2.05. The second kappa shape index (κ2) is 4.30.